The molecule has 1 N–H and O–H groups in total. The molecule has 1 aromatic carbocycles. The van der Waals surface area contributed by atoms with Gasteiger partial charge in [-0.1, -0.05) is 37.6 Å². The Kier molecular flexibility index (Phi) is 6.67. The molecule has 0 aliphatic rings. The molecule has 0 unspecified atom stereocenters. The average molecular weight is 302 g/mol. The second-order valence-corrected chi connectivity index (χ2v) is 5.63. The van der Waals surface area contributed by atoms with Crippen molar-refractivity contribution in [3.63, 3.8) is 0 Å². The molecule has 0 fully saturated rings. The van der Waals surface area contributed by atoms with Crippen LogP contribution >= 0.6 is 23.2 Å². The van der Waals surface area contributed by atoms with Crippen molar-refractivity contribution < 1.29 is 4.79 Å². The Balaban J connectivity index is 2.52. The summed E-state index contributed by atoms with van der Waals surface area (Å²) in [6.45, 7) is 4.84. The fourth-order valence-corrected chi connectivity index (χ4v) is 2.60. The number of carbonyl (C=O) groups excluding carboxylic acids is 1. The van der Waals surface area contributed by atoms with Gasteiger partial charge >= 0.3 is 0 Å². The third-order valence-corrected chi connectivity index (χ3v) is 4.50. The van der Waals surface area contributed by atoms with E-state index in [0.717, 1.165) is 18.4 Å². The van der Waals surface area contributed by atoms with Crippen molar-refractivity contribution in [3.05, 3.63) is 34.9 Å². The van der Waals surface area contributed by atoms with Crippen LogP contribution in [0, 0.1) is 5.41 Å². The summed E-state index contributed by atoms with van der Waals surface area (Å²) in [5.74, 6) is 0.580. The molecular formula is C15H21Cl2NO. The fourth-order valence-electron chi connectivity index (χ4n) is 1.92. The first-order valence-corrected chi connectivity index (χ1v) is 7.53. The van der Waals surface area contributed by atoms with Crippen LogP contribution in [0.1, 0.15) is 32.3 Å². The van der Waals surface area contributed by atoms with Crippen molar-refractivity contribution in [1.29, 1.82) is 0 Å². The number of carbonyl (C=O) groups is 1. The summed E-state index contributed by atoms with van der Waals surface area (Å²) in [7, 11) is 0. The second-order valence-electron chi connectivity index (χ2n) is 4.92. The molecule has 0 radical (unpaired) electrons. The molecule has 0 saturated carbocycles. The maximum Gasteiger partial charge on any atom is 0.224 e. The van der Waals surface area contributed by atoms with Gasteiger partial charge in [0.2, 0.25) is 5.91 Å². The largest absolute Gasteiger partial charge is 0.355 e. The topological polar surface area (TPSA) is 29.1 Å². The number of nitrogens with one attached hydrogen (secondary N) is 1. The van der Waals surface area contributed by atoms with Crippen molar-refractivity contribution in [2.45, 2.75) is 33.1 Å². The predicted molar refractivity (Wildman–Crippen MR) is 81.9 cm³/mol. The zero-order chi connectivity index (χ0) is 14.3. The van der Waals surface area contributed by atoms with Crippen LogP contribution in [0.5, 0.6) is 0 Å². The third kappa shape index (κ3) is 5.04. The first kappa shape index (κ1) is 16.3. The predicted octanol–water partition coefficient (Wildman–Crippen LogP) is 4.04. The van der Waals surface area contributed by atoms with Crippen LogP contribution in [0.25, 0.3) is 0 Å². The molecule has 0 heterocycles. The Morgan fingerprint density at radius 1 is 1.32 bits per heavy atom. The van der Waals surface area contributed by atoms with Gasteiger partial charge in [0.25, 0.3) is 0 Å². The Bertz CT molecular complexity index is 408. The number of alkyl halides is 1. The van der Waals surface area contributed by atoms with Crippen molar-refractivity contribution >= 4 is 29.1 Å². The molecule has 1 aromatic rings. The van der Waals surface area contributed by atoms with Gasteiger partial charge < -0.3 is 5.32 Å². The summed E-state index contributed by atoms with van der Waals surface area (Å²) < 4.78 is 0. The van der Waals surface area contributed by atoms with E-state index in [1.165, 1.54) is 0 Å². The summed E-state index contributed by atoms with van der Waals surface area (Å²) in [5.41, 5.74) is 0.931. The van der Waals surface area contributed by atoms with Crippen LogP contribution in [0.15, 0.2) is 24.3 Å². The van der Waals surface area contributed by atoms with Gasteiger partial charge in [0.15, 0.2) is 0 Å². The standard InChI is InChI=1S/C15H21Cl2NO/c1-3-15(4-2,10-16)11-18-14(19)9-12-6-5-7-13(17)8-12/h5-8H,3-4,9-11H2,1-2H3,(H,18,19). The summed E-state index contributed by atoms with van der Waals surface area (Å²) >= 11 is 11.9. The molecule has 1 amide bonds. The second kappa shape index (κ2) is 7.76. The Morgan fingerprint density at radius 2 is 2.00 bits per heavy atom. The molecule has 0 aliphatic carbocycles. The number of hydrogen-bond acceptors (Lipinski definition) is 1. The summed E-state index contributed by atoms with van der Waals surface area (Å²) in [4.78, 5) is 11.9. The highest BCUT2D eigenvalue weighted by atomic mass is 35.5. The summed E-state index contributed by atoms with van der Waals surface area (Å²) in [6, 6.07) is 7.37. The van der Waals surface area contributed by atoms with Crippen LogP contribution in [0.4, 0.5) is 0 Å². The highest BCUT2D eigenvalue weighted by Gasteiger charge is 2.25. The van der Waals surface area contributed by atoms with Crippen molar-refractivity contribution in [1.82, 2.24) is 5.32 Å². The molecule has 0 spiro atoms. The summed E-state index contributed by atoms with van der Waals surface area (Å²) in [6.07, 6.45) is 2.28. The maximum absolute atomic E-state index is 11.9. The van der Waals surface area contributed by atoms with Crippen LogP contribution in [-0.2, 0) is 11.2 Å². The van der Waals surface area contributed by atoms with E-state index in [0.29, 0.717) is 23.9 Å². The fraction of sp³-hybridized carbons (Fsp3) is 0.533. The van der Waals surface area contributed by atoms with Gasteiger partial charge in [0.05, 0.1) is 6.42 Å². The monoisotopic (exact) mass is 301 g/mol. The molecule has 106 valence electrons. The van der Waals surface area contributed by atoms with Gasteiger partial charge in [-0.05, 0) is 30.5 Å². The lowest BCUT2D eigenvalue weighted by Crippen LogP contribution is -2.38. The van der Waals surface area contributed by atoms with Crippen LogP contribution in [-0.4, -0.2) is 18.3 Å². The normalized spacial score (nSPS) is 11.4. The quantitative estimate of drug-likeness (QED) is 0.757. The Morgan fingerprint density at radius 3 is 2.53 bits per heavy atom. The van der Waals surface area contributed by atoms with Crippen molar-refractivity contribution in [3.8, 4) is 0 Å². The first-order valence-electron chi connectivity index (χ1n) is 6.62. The van der Waals surface area contributed by atoms with Gasteiger partial charge in [-0.25, -0.2) is 0 Å². The molecule has 0 bridgehead atoms. The highest BCUT2D eigenvalue weighted by molar-refractivity contribution is 6.30. The lowest BCUT2D eigenvalue weighted by molar-refractivity contribution is -0.120. The van der Waals surface area contributed by atoms with Crippen LogP contribution < -0.4 is 5.32 Å². The molecule has 0 atom stereocenters. The van der Waals surface area contributed by atoms with E-state index in [-0.39, 0.29) is 11.3 Å². The molecular weight excluding hydrogens is 281 g/mol. The average Bonchev–Trinajstić information content (AvgIpc) is 2.41. The molecule has 19 heavy (non-hydrogen) atoms. The van der Waals surface area contributed by atoms with E-state index in [1.54, 1.807) is 6.07 Å². The van der Waals surface area contributed by atoms with Gasteiger partial charge in [0.1, 0.15) is 0 Å². The van der Waals surface area contributed by atoms with Crippen LogP contribution in [0.3, 0.4) is 0 Å². The lowest BCUT2D eigenvalue weighted by atomic mass is 9.84. The number of hydrogen-bond donors (Lipinski definition) is 1. The molecule has 4 heteroatoms. The van der Waals surface area contributed by atoms with Gasteiger partial charge in [0, 0.05) is 22.9 Å². The number of benzene rings is 1. The highest BCUT2D eigenvalue weighted by Crippen LogP contribution is 2.26. The minimum absolute atomic E-state index is 0.00550. The van der Waals surface area contributed by atoms with E-state index in [1.807, 2.05) is 18.2 Å². The Labute approximate surface area is 125 Å². The first-order chi connectivity index (χ1) is 9.05. The third-order valence-electron chi connectivity index (χ3n) is 3.70. The number of amides is 1. The lowest BCUT2D eigenvalue weighted by Gasteiger charge is -2.29. The van der Waals surface area contributed by atoms with E-state index in [9.17, 15) is 4.79 Å². The van der Waals surface area contributed by atoms with E-state index in [2.05, 4.69) is 19.2 Å². The maximum atomic E-state index is 11.9. The number of rotatable bonds is 7. The molecule has 0 aliphatic heterocycles. The number of halogens is 2. The van der Waals surface area contributed by atoms with Crippen molar-refractivity contribution in [2.75, 3.05) is 12.4 Å². The van der Waals surface area contributed by atoms with Gasteiger partial charge in [-0.3, -0.25) is 4.79 Å². The van der Waals surface area contributed by atoms with Crippen molar-refractivity contribution in [2.24, 2.45) is 5.41 Å². The smallest absolute Gasteiger partial charge is 0.224 e. The minimum atomic E-state index is 0.00550. The van der Waals surface area contributed by atoms with Gasteiger partial charge in [-0.15, -0.1) is 11.6 Å². The van der Waals surface area contributed by atoms with E-state index in [4.69, 9.17) is 23.2 Å². The minimum Gasteiger partial charge on any atom is -0.355 e. The van der Waals surface area contributed by atoms with E-state index < -0.39 is 0 Å². The molecule has 1 rings (SSSR count). The molecule has 0 aromatic heterocycles. The van der Waals surface area contributed by atoms with E-state index >= 15 is 0 Å². The van der Waals surface area contributed by atoms with Crippen LogP contribution in [0.2, 0.25) is 5.02 Å². The SMILES string of the molecule is CCC(CC)(CCl)CNC(=O)Cc1cccc(Cl)c1. The van der Waals surface area contributed by atoms with Gasteiger partial charge in [-0.2, -0.15) is 0 Å². The molecule has 0 saturated heterocycles. The Hall–Kier alpha value is -0.730. The zero-order valence-electron chi connectivity index (χ0n) is 11.5. The summed E-state index contributed by atoms with van der Waals surface area (Å²) in [5, 5.41) is 3.63. The molecule has 2 nitrogen and oxygen atoms in total. The zero-order valence-corrected chi connectivity index (χ0v) is 13.0.